The van der Waals surface area contributed by atoms with Gasteiger partial charge < -0.3 is 5.32 Å². The predicted octanol–water partition coefficient (Wildman–Crippen LogP) is 3.99. The van der Waals surface area contributed by atoms with Crippen LogP contribution in [0.1, 0.15) is 35.4 Å². The second kappa shape index (κ2) is 6.93. The summed E-state index contributed by atoms with van der Waals surface area (Å²) in [6.45, 7) is 4.44. The fourth-order valence-electron chi connectivity index (χ4n) is 3.42. The van der Waals surface area contributed by atoms with E-state index in [4.69, 9.17) is 0 Å². The van der Waals surface area contributed by atoms with E-state index in [1.54, 1.807) is 6.20 Å². The number of carbonyl (C=O) groups excluding carboxylic acids is 1. The van der Waals surface area contributed by atoms with E-state index < -0.39 is 0 Å². The fourth-order valence-corrected chi connectivity index (χ4v) is 3.82. The standard InChI is InChI=1S/C21H21BrN4O/c1-14-10-15(2)26(25-14)19-7-6-16(12-23-19)13-24-20(27)21(8-9-21)17-4-3-5-18(22)11-17/h3-7,10-12H,8-9,13H2,1-2H3,(H,24,27). The molecule has 6 heteroatoms. The number of benzene rings is 1. The topological polar surface area (TPSA) is 59.8 Å². The zero-order chi connectivity index (χ0) is 19.0. The van der Waals surface area contributed by atoms with E-state index >= 15 is 0 Å². The van der Waals surface area contributed by atoms with E-state index in [0.717, 1.165) is 45.6 Å². The minimum absolute atomic E-state index is 0.0863. The van der Waals surface area contributed by atoms with Crippen LogP contribution in [0.2, 0.25) is 0 Å². The van der Waals surface area contributed by atoms with Crippen LogP contribution < -0.4 is 5.32 Å². The van der Waals surface area contributed by atoms with Gasteiger partial charge in [0.15, 0.2) is 5.82 Å². The quantitative estimate of drug-likeness (QED) is 0.673. The van der Waals surface area contributed by atoms with Crippen LogP contribution in [0, 0.1) is 13.8 Å². The predicted molar refractivity (Wildman–Crippen MR) is 108 cm³/mol. The summed E-state index contributed by atoms with van der Waals surface area (Å²) in [6.07, 6.45) is 3.58. The molecule has 1 amide bonds. The van der Waals surface area contributed by atoms with Gasteiger partial charge in [-0.05, 0) is 62.1 Å². The lowest BCUT2D eigenvalue weighted by Crippen LogP contribution is -2.34. The molecule has 0 aliphatic heterocycles. The molecule has 3 aromatic rings. The number of rotatable bonds is 5. The summed E-state index contributed by atoms with van der Waals surface area (Å²) in [5.41, 5.74) is 3.69. The molecule has 4 rings (SSSR count). The SMILES string of the molecule is Cc1cc(C)n(-c2ccc(CNC(=O)C3(c4cccc(Br)c4)CC3)cn2)n1. The van der Waals surface area contributed by atoms with Crippen molar-refractivity contribution in [3.8, 4) is 5.82 Å². The minimum atomic E-state index is -0.374. The van der Waals surface area contributed by atoms with Crippen molar-refractivity contribution in [1.29, 1.82) is 0 Å². The van der Waals surface area contributed by atoms with E-state index in [-0.39, 0.29) is 11.3 Å². The van der Waals surface area contributed by atoms with E-state index in [9.17, 15) is 4.79 Å². The van der Waals surface area contributed by atoms with Crippen LogP contribution in [0.4, 0.5) is 0 Å². The van der Waals surface area contributed by atoms with Gasteiger partial charge in [0.1, 0.15) is 0 Å². The monoisotopic (exact) mass is 424 g/mol. The molecule has 0 unspecified atom stereocenters. The Balaban J connectivity index is 1.43. The summed E-state index contributed by atoms with van der Waals surface area (Å²) in [4.78, 5) is 17.3. The first kappa shape index (κ1) is 17.9. The lowest BCUT2D eigenvalue weighted by atomic mass is 9.95. The third-order valence-corrected chi connectivity index (χ3v) is 5.54. The molecule has 27 heavy (non-hydrogen) atoms. The summed E-state index contributed by atoms with van der Waals surface area (Å²) in [6, 6.07) is 14.0. The first-order valence-corrected chi connectivity index (χ1v) is 9.80. The lowest BCUT2D eigenvalue weighted by Gasteiger charge is -2.16. The van der Waals surface area contributed by atoms with Gasteiger partial charge in [-0.15, -0.1) is 0 Å². The van der Waals surface area contributed by atoms with Gasteiger partial charge in [0.25, 0.3) is 0 Å². The molecule has 1 aliphatic carbocycles. The van der Waals surface area contributed by atoms with Crippen molar-refractivity contribution in [1.82, 2.24) is 20.1 Å². The molecule has 0 saturated heterocycles. The van der Waals surface area contributed by atoms with Crippen molar-refractivity contribution in [3.63, 3.8) is 0 Å². The van der Waals surface area contributed by atoms with Gasteiger partial charge in [-0.1, -0.05) is 34.1 Å². The molecular formula is C21H21BrN4O. The van der Waals surface area contributed by atoms with Crippen LogP contribution in [0.3, 0.4) is 0 Å². The second-order valence-electron chi connectivity index (χ2n) is 7.14. The molecule has 1 fully saturated rings. The lowest BCUT2D eigenvalue weighted by molar-refractivity contribution is -0.123. The maximum Gasteiger partial charge on any atom is 0.230 e. The second-order valence-corrected chi connectivity index (χ2v) is 8.05. The molecular weight excluding hydrogens is 404 g/mol. The van der Waals surface area contributed by atoms with Crippen LogP contribution >= 0.6 is 15.9 Å². The number of aryl methyl sites for hydroxylation is 2. The van der Waals surface area contributed by atoms with E-state index in [2.05, 4.69) is 31.3 Å². The van der Waals surface area contributed by atoms with E-state index in [0.29, 0.717) is 6.54 Å². The molecule has 2 heterocycles. The third-order valence-electron chi connectivity index (χ3n) is 5.05. The number of halogens is 1. The molecule has 0 atom stereocenters. The zero-order valence-electron chi connectivity index (χ0n) is 15.4. The number of pyridine rings is 1. The maximum absolute atomic E-state index is 12.8. The Morgan fingerprint density at radius 1 is 1.22 bits per heavy atom. The van der Waals surface area contributed by atoms with Crippen molar-refractivity contribution in [2.24, 2.45) is 0 Å². The Morgan fingerprint density at radius 2 is 2.04 bits per heavy atom. The average molecular weight is 425 g/mol. The molecule has 0 bridgehead atoms. The van der Waals surface area contributed by atoms with Crippen molar-refractivity contribution in [2.45, 2.75) is 38.6 Å². The Labute approximate surface area is 167 Å². The molecule has 1 N–H and O–H groups in total. The number of aromatic nitrogens is 3. The molecule has 1 aromatic carbocycles. The summed E-state index contributed by atoms with van der Waals surface area (Å²) < 4.78 is 2.83. The van der Waals surface area contributed by atoms with Crippen molar-refractivity contribution < 1.29 is 4.79 Å². The molecule has 1 aliphatic rings. The van der Waals surface area contributed by atoms with Crippen LogP contribution in [0.15, 0.2) is 53.1 Å². The highest BCUT2D eigenvalue weighted by Crippen LogP contribution is 2.48. The first-order chi connectivity index (χ1) is 13.0. The molecule has 5 nitrogen and oxygen atoms in total. The van der Waals surface area contributed by atoms with Gasteiger partial charge in [0, 0.05) is 22.9 Å². The largest absolute Gasteiger partial charge is 0.351 e. The van der Waals surface area contributed by atoms with Crippen LogP contribution in [-0.4, -0.2) is 20.7 Å². The first-order valence-electron chi connectivity index (χ1n) is 9.01. The van der Waals surface area contributed by atoms with Gasteiger partial charge in [0.05, 0.1) is 11.1 Å². The number of nitrogens with one attached hydrogen (secondary N) is 1. The highest BCUT2D eigenvalue weighted by molar-refractivity contribution is 9.10. The minimum Gasteiger partial charge on any atom is -0.351 e. The summed E-state index contributed by atoms with van der Waals surface area (Å²) in [7, 11) is 0. The molecule has 138 valence electrons. The average Bonchev–Trinajstić information content (AvgIpc) is 3.40. The van der Waals surface area contributed by atoms with Gasteiger partial charge in [0.2, 0.25) is 5.91 Å². The van der Waals surface area contributed by atoms with Crippen LogP contribution in [0.5, 0.6) is 0 Å². The van der Waals surface area contributed by atoms with Crippen molar-refractivity contribution in [3.05, 3.63) is 75.6 Å². The van der Waals surface area contributed by atoms with Gasteiger partial charge in [-0.25, -0.2) is 9.67 Å². The summed E-state index contributed by atoms with van der Waals surface area (Å²) in [5.74, 6) is 0.867. The third kappa shape index (κ3) is 3.54. The normalized spacial score (nSPS) is 14.8. The van der Waals surface area contributed by atoms with E-state index in [1.165, 1.54) is 0 Å². The summed E-state index contributed by atoms with van der Waals surface area (Å²) >= 11 is 3.49. The Hall–Kier alpha value is -2.47. The smallest absolute Gasteiger partial charge is 0.230 e. The van der Waals surface area contributed by atoms with Gasteiger partial charge in [-0.2, -0.15) is 5.10 Å². The zero-order valence-corrected chi connectivity index (χ0v) is 17.0. The Morgan fingerprint density at radius 3 is 2.63 bits per heavy atom. The fraction of sp³-hybridized carbons (Fsp3) is 0.286. The Kier molecular flexibility index (Phi) is 4.60. The maximum atomic E-state index is 12.8. The number of hydrogen-bond acceptors (Lipinski definition) is 3. The van der Waals surface area contributed by atoms with Crippen LogP contribution in [0.25, 0.3) is 5.82 Å². The van der Waals surface area contributed by atoms with Crippen LogP contribution in [-0.2, 0) is 16.8 Å². The van der Waals surface area contributed by atoms with Crippen molar-refractivity contribution >= 4 is 21.8 Å². The Bertz CT molecular complexity index is 990. The van der Waals surface area contributed by atoms with Crippen molar-refractivity contribution in [2.75, 3.05) is 0 Å². The number of amides is 1. The van der Waals surface area contributed by atoms with E-state index in [1.807, 2.05) is 61.0 Å². The molecule has 0 radical (unpaired) electrons. The molecule has 2 aromatic heterocycles. The molecule has 0 spiro atoms. The number of hydrogen-bond donors (Lipinski definition) is 1. The highest BCUT2D eigenvalue weighted by Gasteiger charge is 2.51. The summed E-state index contributed by atoms with van der Waals surface area (Å²) in [5, 5.41) is 7.52. The highest BCUT2D eigenvalue weighted by atomic mass is 79.9. The number of carbonyl (C=O) groups is 1. The van der Waals surface area contributed by atoms with Gasteiger partial charge in [-0.3, -0.25) is 4.79 Å². The van der Waals surface area contributed by atoms with Gasteiger partial charge >= 0.3 is 0 Å². The number of nitrogens with zero attached hydrogens (tertiary/aromatic N) is 3. The molecule has 1 saturated carbocycles.